The quantitative estimate of drug-likeness (QED) is 0.755. The van der Waals surface area contributed by atoms with Crippen LogP contribution < -0.4 is 5.32 Å². The van der Waals surface area contributed by atoms with Crippen molar-refractivity contribution in [3.8, 4) is 0 Å². The van der Waals surface area contributed by atoms with E-state index in [0.29, 0.717) is 5.41 Å². The van der Waals surface area contributed by atoms with Gasteiger partial charge in [0, 0.05) is 5.54 Å². The summed E-state index contributed by atoms with van der Waals surface area (Å²) in [5, 5.41) is 3.63. The van der Waals surface area contributed by atoms with Gasteiger partial charge in [-0.25, -0.2) is 0 Å². The van der Waals surface area contributed by atoms with Gasteiger partial charge in [0.2, 0.25) is 0 Å². The third-order valence-corrected chi connectivity index (χ3v) is 4.55. The van der Waals surface area contributed by atoms with Crippen LogP contribution in [0.1, 0.15) is 73.6 Å². The fourth-order valence-corrected chi connectivity index (χ4v) is 3.01. The second kappa shape index (κ2) is 5.73. The van der Waals surface area contributed by atoms with Gasteiger partial charge in [-0.05, 0) is 63.8 Å². The van der Waals surface area contributed by atoms with Crippen molar-refractivity contribution in [2.45, 2.75) is 79.2 Å². The molecule has 0 unspecified atom stereocenters. The predicted molar refractivity (Wildman–Crippen MR) is 77.3 cm³/mol. The summed E-state index contributed by atoms with van der Waals surface area (Å²) >= 11 is 0. The fourth-order valence-electron chi connectivity index (χ4n) is 3.01. The molecule has 17 heavy (non-hydrogen) atoms. The van der Waals surface area contributed by atoms with E-state index >= 15 is 0 Å². The summed E-state index contributed by atoms with van der Waals surface area (Å²) in [6.07, 6.45) is 7.10. The highest BCUT2D eigenvalue weighted by Gasteiger charge is 2.31. The SMILES string of the molecule is CC1CCC(C(C)(C)CCNC(C)(C)C)CC1. The molecule has 1 N–H and O–H groups in total. The van der Waals surface area contributed by atoms with Crippen molar-refractivity contribution < 1.29 is 0 Å². The Hall–Kier alpha value is -0.0400. The largest absolute Gasteiger partial charge is 0.312 e. The monoisotopic (exact) mass is 239 g/mol. The van der Waals surface area contributed by atoms with Crippen LogP contribution in [0, 0.1) is 17.3 Å². The molecule has 0 aromatic rings. The molecule has 0 aromatic carbocycles. The van der Waals surface area contributed by atoms with Gasteiger partial charge in [-0.1, -0.05) is 33.6 Å². The molecular formula is C16H33N. The Morgan fingerprint density at radius 1 is 0.941 bits per heavy atom. The zero-order chi connectivity index (χ0) is 13.1. The maximum absolute atomic E-state index is 3.63. The smallest absolute Gasteiger partial charge is 0.00965 e. The van der Waals surface area contributed by atoms with Crippen molar-refractivity contribution in [3.05, 3.63) is 0 Å². The first-order chi connectivity index (χ1) is 7.71. The molecule has 0 atom stereocenters. The van der Waals surface area contributed by atoms with Crippen molar-refractivity contribution in [3.63, 3.8) is 0 Å². The maximum atomic E-state index is 3.63. The van der Waals surface area contributed by atoms with Gasteiger partial charge in [0.15, 0.2) is 0 Å². The number of nitrogens with one attached hydrogen (secondary N) is 1. The average Bonchev–Trinajstić information content (AvgIpc) is 2.15. The molecule has 0 saturated heterocycles. The van der Waals surface area contributed by atoms with Crippen molar-refractivity contribution in [2.24, 2.45) is 17.3 Å². The lowest BCUT2D eigenvalue weighted by Crippen LogP contribution is -2.39. The minimum absolute atomic E-state index is 0.261. The molecule has 1 aliphatic rings. The second-order valence-electron chi connectivity index (χ2n) is 7.87. The Bertz CT molecular complexity index is 216. The lowest BCUT2D eigenvalue weighted by atomic mass is 9.67. The molecule has 0 aromatic heterocycles. The summed E-state index contributed by atoms with van der Waals surface area (Å²) in [6, 6.07) is 0. The Kier molecular flexibility index (Phi) is 5.07. The van der Waals surface area contributed by atoms with Crippen molar-refractivity contribution in [2.75, 3.05) is 6.54 Å². The molecule has 1 rings (SSSR count). The van der Waals surface area contributed by atoms with E-state index in [4.69, 9.17) is 0 Å². The first kappa shape index (κ1) is 15.0. The Balaban J connectivity index is 2.35. The normalized spacial score (nSPS) is 27.2. The molecule has 0 amide bonds. The van der Waals surface area contributed by atoms with Gasteiger partial charge < -0.3 is 5.32 Å². The maximum Gasteiger partial charge on any atom is 0.00965 e. The standard InChI is InChI=1S/C16H33N/c1-13-7-9-14(10-8-13)16(5,6)11-12-17-15(2,3)4/h13-14,17H,7-12H2,1-6H3. The van der Waals surface area contributed by atoms with Gasteiger partial charge in [0.1, 0.15) is 0 Å². The zero-order valence-corrected chi connectivity index (χ0v) is 12.9. The summed E-state index contributed by atoms with van der Waals surface area (Å²) < 4.78 is 0. The molecule has 1 fully saturated rings. The van der Waals surface area contributed by atoms with Gasteiger partial charge in [0.05, 0.1) is 0 Å². The molecule has 0 heterocycles. The van der Waals surface area contributed by atoms with E-state index in [1.54, 1.807) is 0 Å². The minimum atomic E-state index is 0.261. The van der Waals surface area contributed by atoms with E-state index in [1.807, 2.05) is 0 Å². The van der Waals surface area contributed by atoms with Crippen molar-refractivity contribution >= 4 is 0 Å². The van der Waals surface area contributed by atoms with E-state index < -0.39 is 0 Å². The van der Waals surface area contributed by atoms with Crippen molar-refractivity contribution in [1.82, 2.24) is 5.32 Å². The van der Waals surface area contributed by atoms with Crippen LogP contribution in [0.15, 0.2) is 0 Å². The molecule has 1 nitrogen and oxygen atoms in total. The first-order valence-electron chi connectivity index (χ1n) is 7.46. The van der Waals surface area contributed by atoms with Crippen LogP contribution >= 0.6 is 0 Å². The zero-order valence-electron chi connectivity index (χ0n) is 12.9. The molecular weight excluding hydrogens is 206 g/mol. The Labute approximate surface area is 109 Å². The van der Waals surface area contributed by atoms with Crippen LogP contribution in [0.3, 0.4) is 0 Å². The molecule has 0 bridgehead atoms. The predicted octanol–water partition coefficient (Wildman–Crippen LogP) is 4.62. The highest BCUT2D eigenvalue weighted by atomic mass is 14.9. The highest BCUT2D eigenvalue weighted by molar-refractivity contribution is 4.84. The van der Waals surface area contributed by atoms with Gasteiger partial charge in [-0.2, -0.15) is 0 Å². The summed E-state index contributed by atoms with van der Waals surface area (Å²) in [6.45, 7) is 15.3. The average molecular weight is 239 g/mol. The van der Waals surface area contributed by atoms with Crippen LogP contribution in [0.5, 0.6) is 0 Å². The Morgan fingerprint density at radius 3 is 1.94 bits per heavy atom. The third kappa shape index (κ3) is 5.42. The first-order valence-corrected chi connectivity index (χ1v) is 7.46. The van der Waals surface area contributed by atoms with Gasteiger partial charge in [-0.3, -0.25) is 0 Å². The molecule has 0 aliphatic heterocycles. The van der Waals surface area contributed by atoms with Crippen LogP contribution in [0.25, 0.3) is 0 Å². The van der Waals surface area contributed by atoms with E-state index in [0.717, 1.165) is 18.4 Å². The highest BCUT2D eigenvalue weighted by Crippen LogP contribution is 2.41. The van der Waals surface area contributed by atoms with Gasteiger partial charge >= 0.3 is 0 Å². The summed E-state index contributed by atoms with van der Waals surface area (Å²) in [5.74, 6) is 1.91. The van der Waals surface area contributed by atoms with Gasteiger partial charge in [0.25, 0.3) is 0 Å². The van der Waals surface area contributed by atoms with E-state index in [1.165, 1.54) is 32.1 Å². The molecule has 1 saturated carbocycles. The minimum Gasteiger partial charge on any atom is -0.312 e. The lowest BCUT2D eigenvalue weighted by molar-refractivity contribution is 0.124. The van der Waals surface area contributed by atoms with Crippen LogP contribution in [-0.4, -0.2) is 12.1 Å². The fraction of sp³-hybridized carbons (Fsp3) is 1.00. The van der Waals surface area contributed by atoms with E-state index in [-0.39, 0.29) is 5.54 Å². The van der Waals surface area contributed by atoms with E-state index in [2.05, 4.69) is 46.9 Å². The van der Waals surface area contributed by atoms with Crippen LogP contribution in [0.2, 0.25) is 0 Å². The number of hydrogen-bond acceptors (Lipinski definition) is 1. The Morgan fingerprint density at radius 2 is 1.47 bits per heavy atom. The van der Waals surface area contributed by atoms with Crippen molar-refractivity contribution in [1.29, 1.82) is 0 Å². The van der Waals surface area contributed by atoms with Crippen LogP contribution in [0.4, 0.5) is 0 Å². The summed E-state index contributed by atoms with van der Waals surface area (Å²) in [4.78, 5) is 0. The van der Waals surface area contributed by atoms with E-state index in [9.17, 15) is 0 Å². The number of rotatable bonds is 4. The summed E-state index contributed by atoms with van der Waals surface area (Å²) in [7, 11) is 0. The third-order valence-electron chi connectivity index (χ3n) is 4.55. The molecule has 0 spiro atoms. The van der Waals surface area contributed by atoms with Crippen LogP contribution in [-0.2, 0) is 0 Å². The number of hydrogen-bond donors (Lipinski definition) is 1. The summed E-state index contributed by atoms with van der Waals surface area (Å²) in [5.41, 5.74) is 0.773. The molecule has 0 radical (unpaired) electrons. The molecule has 1 heteroatoms. The molecule has 102 valence electrons. The topological polar surface area (TPSA) is 12.0 Å². The lowest BCUT2D eigenvalue weighted by Gasteiger charge is -2.39. The molecule has 1 aliphatic carbocycles. The second-order valence-corrected chi connectivity index (χ2v) is 7.87. The van der Waals surface area contributed by atoms with Gasteiger partial charge in [-0.15, -0.1) is 0 Å².